The van der Waals surface area contributed by atoms with E-state index >= 15 is 0 Å². The van der Waals surface area contributed by atoms with E-state index in [1.165, 1.54) is 17.3 Å². The minimum Gasteiger partial charge on any atom is -0.298 e. The molecule has 1 unspecified atom stereocenters. The average Bonchev–Trinajstić information content (AvgIpc) is 2.78. The summed E-state index contributed by atoms with van der Waals surface area (Å²) < 4.78 is 13.9. The Morgan fingerprint density at radius 3 is 2.81 bits per heavy atom. The molecule has 3 nitrogen and oxygen atoms in total. The lowest BCUT2D eigenvalue weighted by Crippen LogP contribution is -2.45. The van der Waals surface area contributed by atoms with E-state index in [2.05, 4.69) is 16.0 Å². The number of rotatable bonds is 2. The van der Waals surface area contributed by atoms with Crippen LogP contribution in [0.25, 0.3) is 0 Å². The van der Waals surface area contributed by atoms with Gasteiger partial charge in [-0.2, -0.15) is 0 Å². The number of aromatic nitrogens is 1. The molecule has 1 fully saturated rings. The van der Waals surface area contributed by atoms with Gasteiger partial charge >= 0.3 is 0 Å². The van der Waals surface area contributed by atoms with Gasteiger partial charge in [0.2, 0.25) is 0 Å². The van der Waals surface area contributed by atoms with Crippen molar-refractivity contribution in [2.75, 3.05) is 13.6 Å². The van der Waals surface area contributed by atoms with E-state index in [-0.39, 0.29) is 23.6 Å². The Hall–Kier alpha value is -1.78. The van der Waals surface area contributed by atoms with Gasteiger partial charge < -0.3 is 0 Å². The van der Waals surface area contributed by atoms with Gasteiger partial charge in [0.1, 0.15) is 11.6 Å². The largest absolute Gasteiger partial charge is 0.298 e. The van der Waals surface area contributed by atoms with Gasteiger partial charge in [-0.1, -0.05) is 17.7 Å². The summed E-state index contributed by atoms with van der Waals surface area (Å²) in [6.07, 6.45) is 4.70. The lowest BCUT2D eigenvalue weighted by Gasteiger charge is -2.39. The molecule has 0 bridgehead atoms. The lowest BCUT2D eigenvalue weighted by atomic mass is 9.74. The first-order valence-corrected chi connectivity index (χ1v) is 9.95. The summed E-state index contributed by atoms with van der Waals surface area (Å²) >= 11 is 6.26. The SMILES string of the molecule is CC(=O)[C@H]1CC([C@H]2c3ccc(Cl)cc3CCc3cc(F)cnc32)CCN1C. The molecule has 1 aromatic heterocycles. The maximum absolute atomic E-state index is 13.9. The fourth-order valence-corrected chi connectivity index (χ4v) is 5.04. The Balaban J connectivity index is 1.82. The van der Waals surface area contributed by atoms with Crippen LogP contribution in [-0.2, 0) is 17.6 Å². The lowest BCUT2D eigenvalue weighted by molar-refractivity contribution is -0.123. The van der Waals surface area contributed by atoms with E-state index in [0.717, 1.165) is 48.5 Å². The summed E-state index contributed by atoms with van der Waals surface area (Å²) in [4.78, 5) is 18.9. The molecule has 0 saturated carbocycles. The summed E-state index contributed by atoms with van der Waals surface area (Å²) in [7, 11) is 2.02. The first-order valence-electron chi connectivity index (χ1n) is 9.57. The van der Waals surface area contributed by atoms with Crippen LogP contribution in [0.2, 0.25) is 5.02 Å². The van der Waals surface area contributed by atoms with Crippen LogP contribution in [0.3, 0.4) is 0 Å². The highest BCUT2D eigenvalue weighted by molar-refractivity contribution is 6.30. The molecule has 142 valence electrons. The number of carbonyl (C=O) groups is 1. The Morgan fingerprint density at radius 1 is 1.26 bits per heavy atom. The topological polar surface area (TPSA) is 33.2 Å². The van der Waals surface area contributed by atoms with Crippen LogP contribution in [0.4, 0.5) is 4.39 Å². The van der Waals surface area contributed by atoms with Crippen LogP contribution in [-0.4, -0.2) is 35.3 Å². The Kier molecular flexibility index (Phi) is 5.04. The number of fused-ring (bicyclic) bond motifs is 2. The van der Waals surface area contributed by atoms with Crippen molar-refractivity contribution in [3.8, 4) is 0 Å². The molecule has 1 aliphatic carbocycles. The number of likely N-dealkylation sites (tertiary alicyclic amines) is 1. The third kappa shape index (κ3) is 3.53. The summed E-state index contributed by atoms with van der Waals surface area (Å²) in [5.41, 5.74) is 4.39. The summed E-state index contributed by atoms with van der Waals surface area (Å²) in [5.74, 6) is 0.289. The monoisotopic (exact) mass is 386 g/mol. The molecule has 0 spiro atoms. The Morgan fingerprint density at radius 2 is 2.04 bits per heavy atom. The third-order valence-electron chi connectivity index (χ3n) is 6.22. The van der Waals surface area contributed by atoms with Crippen molar-refractivity contribution < 1.29 is 9.18 Å². The molecule has 2 aliphatic rings. The predicted octanol–water partition coefficient (Wildman–Crippen LogP) is 4.40. The van der Waals surface area contributed by atoms with Crippen LogP contribution in [0.1, 0.15) is 48.1 Å². The number of hydrogen-bond donors (Lipinski definition) is 0. The number of nitrogens with zero attached hydrogens (tertiary/aromatic N) is 2. The first-order chi connectivity index (χ1) is 12.9. The zero-order valence-electron chi connectivity index (χ0n) is 15.7. The van der Waals surface area contributed by atoms with Gasteiger partial charge in [-0.3, -0.25) is 14.7 Å². The number of carbonyl (C=O) groups excluding carboxylic acids is 1. The van der Waals surface area contributed by atoms with Crippen molar-refractivity contribution in [1.29, 1.82) is 0 Å². The standard InChI is InChI=1S/C22H24ClFN2O/c1-13(27)20-11-15(7-8-26(20)2)21-19-6-5-17(23)9-14(19)3-4-16-10-18(24)12-25-22(16)21/h5-6,9-10,12,15,20-21H,3-4,7-8,11H2,1-2H3/t15?,20-,21+/m1/s1. The van der Waals surface area contributed by atoms with Crippen LogP contribution in [0.15, 0.2) is 30.5 Å². The zero-order chi connectivity index (χ0) is 19.1. The highest BCUT2D eigenvalue weighted by atomic mass is 35.5. The number of halogens is 2. The van der Waals surface area contributed by atoms with Gasteiger partial charge in [-0.05, 0) is 87.0 Å². The number of piperidine rings is 1. The minimum atomic E-state index is -0.290. The molecule has 3 atom stereocenters. The zero-order valence-corrected chi connectivity index (χ0v) is 16.5. The normalized spacial score (nSPS) is 25.4. The molecule has 27 heavy (non-hydrogen) atoms. The van der Waals surface area contributed by atoms with Crippen LogP contribution in [0, 0.1) is 11.7 Å². The van der Waals surface area contributed by atoms with Crippen LogP contribution >= 0.6 is 11.6 Å². The van der Waals surface area contributed by atoms with Crippen molar-refractivity contribution in [3.63, 3.8) is 0 Å². The Labute approximate surface area is 164 Å². The average molecular weight is 387 g/mol. The van der Waals surface area contributed by atoms with E-state index < -0.39 is 0 Å². The molecular weight excluding hydrogens is 363 g/mol. The maximum atomic E-state index is 13.9. The van der Waals surface area contributed by atoms with Gasteiger partial charge in [-0.15, -0.1) is 0 Å². The van der Waals surface area contributed by atoms with E-state index in [9.17, 15) is 9.18 Å². The van der Waals surface area contributed by atoms with Gasteiger partial charge in [0.05, 0.1) is 17.9 Å². The molecule has 1 aliphatic heterocycles. The molecule has 5 heteroatoms. The van der Waals surface area contributed by atoms with Gasteiger partial charge in [0.25, 0.3) is 0 Å². The quantitative estimate of drug-likeness (QED) is 0.766. The van der Waals surface area contributed by atoms with Gasteiger partial charge in [-0.25, -0.2) is 4.39 Å². The molecule has 0 amide bonds. The number of benzene rings is 1. The van der Waals surface area contributed by atoms with E-state index in [1.807, 2.05) is 19.2 Å². The fraction of sp³-hybridized carbons (Fsp3) is 0.455. The van der Waals surface area contributed by atoms with Crippen molar-refractivity contribution in [2.24, 2.45) is 5.92 Å². The number of ketones is 1. The van der Waals surface area contributed by atoms with Crippen LogP contribution in [0.5, 0.6) is 0 Å². The van der Waals surface area contributed by atoms with Crippen molar-refractivity contribution >= 4 is 17.4 Å². The minimum absolute atomic E-state index is 0.0633. The first kappa shape index (κ1) is 18.6. The van der Waals surface area contributed by atoms with E-state index in [0.29, 0.717) is 5.92 Å². The Bertz CT molecular complexity index is 831. The summed E-state index contributed by atoms with van der Waals surface area (Å²) in [5, 5.41) is 0.725. The maximum Gasteiger partial charge on any atom is 0.146 e. The summed E-state index contributed by atoms with van der Waals surface area (Å²) in [6.45, 7) is 2.55. The second-order valence-corrected chi connectivity index (χ2v) is 8.35. The molecule has 0 radical (unpaired) electrons. The van der Waals surface area contributed by atoms with Gasteiger partial charge in [0.15, 0.2) is 0 Å². The molecule has 4 rings (SSSR count). The molecule has 1 aromatic carbocycles. The van der Waals surface area contributed by atoms with Gasteiger partial charge in [0, 0.05) is 10.9 Å². The highest BCUT2D eigenvalue weighted by Gasteiger charge is 2.38. The molecule has 2 aromatic rings. The second-order valence-electron chi connectivity index (χ2n) is 7.91. The van der Waals surface area contributed by atoms with Crippen molar-refractivity contribution in [3.05, 3.63) is 63.7 Å². The molecule has 0 N–H and O–H groups in total. The number of Topliss-reactive ketones (excluding diaryl/α,β-unsaturated/α-hetero) is 1. The van der Waals surface area contributed by atoms with Crippen LogP contribution < -0.4 is 0 Å². The second kappa shape index (κ2) is 7.33. The smallest absolute Gasteiger partial charge is 0.146 e. The number of likely N-dealkylation sites (N-methyl/N-ethyl adjacent to an activating group) is 1. The third-order valence-corrected chi connectivity index (χ3v) is 6.45. The molecule has 1 saturated heterocycles. The van der Waals surface area contributed by atoms with Crippen molar-refractivity contribution in [1.82, 2.24) is 9.88 Å². The highest BCUT2D eigenvalue weighted by Crippen LogP contribution is 2.43. The van der Waals surface area contributed by atoms with E-state index in [1.54, 1.807) is 13.0 Å². The van der Waals surface area contributed by atoms with Crippen molar-refractivity contribution in [2.45, 2.75) is 44.6 Å². The predicted molar refractivity (Wildman–Crippen MR) is 105 cm³/mol. The summed E-state index contributed by atoms with van der Waals surface area (Å²) in [6, 6.07) is 7.62. The fourth-order valence-electron chi connectivity index (χ4n) is 4.85. The van der Waals surface area contributed by atoms with E-state index in [4.69, 9.17) is 11.6 Å². The molecular formula is C22H24ClFN2O. The molecule has 2 heterocycles. The number of pyridine rings is 1. The number of aryl methyl sites for hydroxylation is 2. The number of hydrogen-bond acceptors (Lipinski definition) is 3.